The number of nitrogens with one attached hydrogen (secondary N) is 1. The average Bonchev–Trinajstić information content (AvgIpc) is 2.40. The van der Waals surface area contributed by atoms with Crippen molar-refractivity contribution in [2.75, 3.05) is 14.2 Å². The highest BCUT2D eigenvalue weighted by molar-refractivity contribution is 5.61. The number of hydrogen-bond acceptors (Lipinski definition) is 3. The Bertz CT molecular complexity index is 497. The van der Waals surface area contributed by atoms with Crippen LogP contribution in [0.25, 0.3) is 11.3 Å². The fourth-order valence-electron chi connectivity index (χ4n) is 1.73. The van der Waals surface area contributed by atoms with Crippen molar-refractivity contribution < 1.29 is 4.74 Å². The molecule has 0 aliphatic carbocycles. The van der Waals surface area contributed by atoms with Gasteiger partial charge in [-0.25, -0.2) is 0 Å². The summed E-state index contributed by atoms with van der Waals surface area (Å²) in [5.74, 6) is 0.850. The molecule has 0 radical (unpaired) electrons. The van der Waals surface area contributed by atoms with E-state index >= 15 is 0 Å². The van der Waals surface area contributed by atoms with Crippen LogP contribution in [0.1, 0.15) is 5.56 Å². The Balaban J connectivity index is 2.34. The molecule has 1 aromatic carbocycles. The molecule has 0 spiro atoms. The molecule has 0 aliphatic rings. The zero-order valence-corrected chi connectivity index (χ0v) is 10.1. The summed E-state index contributed by atoms with van der Waals surface area (Å²) in [6.45, 7) is 0.847. The summed E-state index contributed by atoms with van der Waals surface area (Å²) >= 11 is 0. The van der Waals surface area contributed by atoms with Gasteiger partial charge >= 0.3 is 0 Å². The molecule has 1 heterocycles. The normalized spacial score (nSPS) is 10.2. The molecule has 0 atom stereocenters. The number of ether oxygens (including phenoxy) is 1. The van der Waals surface area contributed by atoms with Crippen LogP contribution >= 0.6 is 0 Å². The lowest BCUT2D eigenvalue weighted by molar-refractivity contribution is 0.415. The molecule has 0 saturated heterocycles. The van der Waals surface area contributed by atoms with Crippen LogP contribution in [0.3, 0.4) is 0 Å². The second kappa shape index (κ2) is 5.46. The van der Waals surface area contributed by atoms with Gasteiger partial charge in [0.25, 0.3) is 0 Å². The first-order valence-corrected chi connectivity index (χ1v) is 5.57. The minimum Gasteiger partial charge on any atom is -0.497 e. The van der Waals surface area contributed by atoms with Crippen molar-refractivity contribution in [3.05, 3.63) is 48.2 Å². The molecule has 0 fully saturated rings. The predicted molar refractivity (Wildman–Crippen MR) is 69.0 cm³/mol. The first kappa shape index (κ1) is 11.6. The van der Waals surface area contributed by atoms with Crippen LogP contribution in [0.5, 0.6) is 5.75 Å². The minimum absolute atomic E-state index is 0.847. The van der Waals surface area contributed by atoms with E-state index in [2.05, 4.69) is 16.4 Å². The number of benzene rings is 1. The Morgan fingerprint density at radius 3 is 2.88 bits per heavy atom. The number of hydrogen-bond donors (Lipinski definition) is 1. The Labute approximate surface area is 101 Å². The Kier molecular flexibility index (Phi) is 3.73. The van der Waals surface area contributed by atoms with E-state index in [0.29, 0.717) is 0 Å². The molecule has 1 N–H and O–H groups in total. The third kappa shape index (κ3) is 2.82. The van der Waals surface area contributed by atoms with Crippen LogP contribution in [0.2, 0.25) is 0 Å². The minimum atomic E-state index is 0.847. The van der Waals surface area contributed by atoms with E-state index in [0.717, 1.165) is 23.6 Å². The third-order valence-corrected chi connectivity index (χ3v) is 2.57. The molecule has 0 amide bonds. The lowest BCUT2D eigenvalue weighted by Crippen LogP contribution is -2.05. The molecule has 0 unspecified atom stereocenters. The topological polar surface area (TPSA) is 34.2 Å². The van der Waals surface area contributed by atoms with Crippen LogP contribution in [0.15, 0.2) is 42.6 Å². The van der Waals surface area contributed by atoms with Crippen LogP contribution < -0.4 is 10.1 Å². The van der Waals surface area contributed by atoms with E-state index in [1.54, 1.807) is 7.11 Å². The molecule has 2 rings (SSSR count). The average molecular weight is 228 g/mol. The maximum atomic E-state index is 5.21. The molecular weight excluding hydrogens is 212 g/mol. The molecule has 17 heavy (non-hydrogen) atoms. The Morgan fingerprint density at radius 2 is 2.12 bits per heavy atom. The largest absolute Gasteiger partial charge is 0.497 e. The highest BCUT2D eigenvalue weighted by Gasteiger charge is 2.02. The predicted octanol–water partition coefficient (Wildman–Crippen LogP) is 2.48. The van der Waals surface area contributed by atoms with E-state index in [1.807, 2.05) is 43.6 Å². The Hall–Kier alpha value is -1.87. The maximum Gasteiger partial charge on any atom is 0.119 e. The smallest absolute Gasteiger partial charge is 0.119 e. The van der Waals surface area contributed by atoms with Gasteiger partial charge in [-0.15, -0.1) is 0 Å². The van der Waals surface area contributed by atoms with Gasteiger partial charge in [0, 0.05) is 18.3 Å². The molecule has 2 aromatic rings. The number of methoxy groups -OCH3 is 1. The van der Waals surface area contributed by atoms with Gasteiger partial charge in [0.1, 0.15) is 5.75 Å². The summed E-state index contributed by atoms with van der Waals surface area (Å²) in [6.07, 6.45) is 1.83. The first-order valence-electron chi connectivity index (χ1n) is 5.57. The van der Waals surface area contributed by atoms with Gasteiger partial charge in [-0.1, -0.05) is 12.1 Å². The van der Waals surface area contributed by atoms with Gasteiger partial charge in [0.2, 0.25) is 0 Å². The van der Waals surface area contributed by atoms with Crippen molar-refractivity contribution in [3.8, 4) is 17.0 Å². The number of nitrogens with zero attached hydrogens (tertiary/aromatic N) is 1. The summed E-state index contributed by atoms with van der Waals surface area (Å²) in [6, 6.07) is 12.0. The molecule has 1 aromatic heterocycles. The molecule has 88 valence electrons. The van der Waals surface area contributed by atoms with Crippen molar-refractivity contribution in [1.29, 1.82) is 0 Å². The number of aromatic nitrogens is 1. The summed E-state index contributed by atoms with van der Waals surface area (Å²) in [7, 11) is 3.61. The quantitative estimate of drug-likeness (QED) is 0.873. The van der Waals surface area contributed by atoms with E-state index in [1.165, 1.54) is 5.56 Å². The lowest BCUT2D eigenvalue weighted by Gasteiger charge is -2.06. The van der Waals surface area contributed by atoms with Gasteiger partial charge in [-0.2, -0.15) is 0 Å². The highest BCUT2D eigenvalue weighted by atomic mass is 16.5. The molecule has 3 heteroatoms. The van der Waals surface area contributed by atoms with E-state index in [4.69, 9.17) is 4.74 Å². The highest BCUT2D eigenvalue weighted by Crippen LogP contribution is 2.22. The lowest BCUT2D eigenvalue weighted by atomic mass is 10.1. The van der Waals surface area contributed by atoms with Crippen molar-refractivity contribution in [2.24, 2.45) is 0 Å². The van der Waals surface area contributed by atoms with E-state index in [9.17, 15) is 0 Å². The van der Waals surface area contributed by atoms with Crippen LogP contribution in [-0.2, 0) is 6.54 Å². The van der Waals surface area contributed by atoms with Crippen molar-refractivity contribution >= 4 is 0 Å². The second-order valence-corrected chi connectivity index (χ2v) is 3.81. The standard InChI is InChI=1S/C14H16N2O/c1-15-10-11-6-7-16-14(8-11)12-4-3-5-13(9-12)17-2/h3-9,15H,10H2,1-2H3. The summed E-state index contributed by atoms with van der Waals surface area (Å²) in [5, 5.41) is 3.13. The second-order valence-electron chi connectivity index (χ2n) is 3.81. The SMILES string of the molecule is CNCc1ccnc(-c2cccc(OC)c2)c1. The molecular formula is C14H16N2O. The first-order chi connectivity index (χ1) is 8.33. The molecule has 0 bridgehead atoms. The molecule has 0 saturated carbocycles. The molecule has 0 aliphatic heterocycles. The zero-order chi connectivity index (χ0) is 12.1. The van der Waals surface area contributed by atoms with Gasteiger partial charge in [-0.05, 0) is 36.9 Å². The van der Waals surface area contributed by atoms with Crippen LogP contribution in [0.4, 0.5) is 0 Å². The van der Waals surface area contributed by atoms with Crippen molar-refractivity contribution in [2.45, 2.75) is 6.54 Å². The van der Waals surface area contributed by atoms with Crippen LogP contribution in [-0.4, -0.2) is 19.1 Å². The van der Waals surface area contributed by atoms with E-state index < -0.39 is 0 Å². The van der Waals surface area contributed by atoms with Gasteiger partial charge in [-0.3, -0.25) is 4.98 Å². The summed E-state index contributed by atoms with van der Waals surface area (Å²) in [4.78, 5) is 4.38. The monoisotopic (exact) mass is 228 g/mol. The Morgan fingerprint density at radius 1 is 1.24 bits per heavy atom. The van der Waals surface area contributed by atoms with Gasteiger partial charge < -0.3 is 10.1 Å². The third-order valence-electron chi connectivity index (χ3n) is 2.57. The van der Waals surface area contributed by atoms with Crippen molar-refractivity contribution in [3.63, 3.8) is 0 Å². The van der Waals surface area contributed by atoms with Crippen molar-refractivity contribution in [1.82, 2.24) is 10.3 Å². The van der Waals surface area contributed by atoms with E-state index in [-0.39, 0.29) is 0 Å². The zero-order valence-electron chi connectivity index (χ0n) is 10.1. The fraction of sp³-hybridized carbons (Fsp3) is 0.214. The van der Waals surface area contributed by atoms with Gasteiger partial charge in [0.15, 0.2) is 0 Å². The number of pyridine rings is 1. The molecule has 3 nitrogen and oxygen atoms in total. The number of rotatable bonds is 4. The maximum absolute atomic E-state index is 5.21. The van der Waals surface area contributed by atoms with Crippen LogP contribution in [0, 0.1) is 0 Å². The summed E-state index contributed by atoms with van der Waals surface area (Å²) in [5.41, 5.74) is 3.26. The van der Waals surface area contributed by atoms with Gasteiger partial charge in [0.05, 0.1) is 12.8 Å². The summed E-state index contributed by atoms with van der Waals surface area (Å²) < 4.78 is 5.21. The fourth-order valence-corrected chi connectivity index (χ4v) is 1.73.